The van der Waals surface area contributed by atoms with Gasteiger partial charge in [-0.3, -0.25) is 4.79 Å². The van der Waals surface area contributed by atoms with Gasteiger partial charge < -0.3 is 33.7 Å². The minimum atomic E-state index is -0.686. The van der Waals surface area contributed by atoms with Crippen LogP contribution in [0, 0.1) is 0 Å². The number of ether oxygens (including phenoxy) is 6. The third-order valence-corrected chi connectivity index (χ3v) is 7.18. The van der Waals surface area contributed by atoms with Gasteiger partial charge in [-0.25, -0.2) is 4.79 Å². The Morgan fingerprint density at radius 1 is 0.872 bits per heavy atom. The first kappa shape index (κ1) is 28.0. The van der Waals surface area contributed by atoms with E-state index in [0.29, 0.717) is 52.5 Å². The number of ketones is 1. The van der Waals surface area contributed by atoms with Gasteiger partial charge in [-0.1, -0.05) is 12.1 Å². The Hall–Kier alpha value is -3.98. The molecule has 9 nitrogen and oxygen atoms in total. The van der Waals surface area contributed by atoms with Crippen molar-refractivity contribution in [2.75, 3.05) is 48.8 Å². The second kappa shape index (κ2) is 12.3. The quantitative estimate of drug-likeness (QED) is 0.352. The first-order valence-electron chi connectivity index (χ1n) is 12.7. The van der Waals surface area contributed by atoms with E-state index in [0.717, 1.165) is 17.0 Å². The summed E-state index contributed by atoms with van der Waals surface area (Å²) in [5.41, 5.74) is 4.02. The minimum Gasteiger partial charge on any atom is -0.497 e. The molecule has 2 aromatic carbocycles. The third-order valence-electron chi connectivity index (χ3n) is 7.18. The largest absolute Gasteiger partial charge is 0.497 e. The average Bonchev–Trinajstić information content (AvgIpc) is 2.95. The topological polar surface area (TPSA) is 102 Å². The number of esters is 1. The van der Waals surface area contributed by atoms with Crippen molar-refractivity contribution < 1.29 is 38.0 Å². The van der Waals surface area contributed by atoms with Gasteiger partial charge in [0.2, 0.25) is 5.75 Å². The van der Waals surface area contributed by atoms with Gasteiger partial charge in [-0.15, -0.1) is 0 Å². The molecular weight excluding hydrogens is 502 g/mol. The van der Waals surface area contributed by atoms with Gasteiger partial charge in [-0.05, 0) is 54.7 Å². The Bertz CT molecular complexity index is 1270. The zero-order valence-electron chi connectivity index (χ0n) is 23.2. The highest BCUT2D eigenvalue weighted by atomic mass is 16.6. The molecule has 0 spiro atoms. The Kier molecular flexibility index (Phi) is 8.81. The summed E-state index contributed by atoms with van der Waals surface area (Å²) in [6.07, 6.45) is 0.913. The molecule has 0 unspecified atom stereocenters. The highest BCUT2D eigenvalue weighted by Crippen LogP contribution is 2.49. The van der Waals surface area contributed by atoms with Crippen LogP contribution in [0.3, 0.4) is 0 Å². The molecule has 2 aliphatic rings. The molecular formula is C30H35NO8. The van der Waals surface area contributed by atoms with Crippen LogP contribution in [0.5, 0.6) is 23.0 Å². The van der Waals surface area contributed by atoms with Crippen molar-refractivity contribution in [1.82, 2.24) is 5.32 Å². The summed E-state index contributed by atoms with van der Waals surface area (Å²) in [4.78, 5) is 27.3. The monoisotopic (exact) mass is 537 g/mol. The van der Waals surface area contributed by atoms with Crippen molar-refractivity contribution >= 4 is 11.8 Å². The van der Waals surface area contributed by atoms with Crippen LogP contribution in [0.25, 0.3) is 0 Å². The lowest BCUT2D eigenvalue weighted by Gasteiger charge is -2.37. The molecule has 1 aliphatic carbocycles. The molecule has 39 heavy (non-hydrogen) atoms. The lowest BCUT2D eigenvalue weighted by atomic mass is 9.71. The number of methoxy groups -OCH3 is 5. The molecule has 1 aliphatic heterocycles. The van der Waals surface area contributed by atoms with Gasteiger partial charge >= 0.3 is 5.97 Å². The molecule has 1 heterocycles. The number of hydrogen-bond acceptors (Lipinski definition) is 9. The second-order valence-electron chi connectivity index (χ2n) is 9.38. The minimum absolute atomic E-state index is 0.0155. The Morgan fingerprint density at radius 2 is 1.54 bits per heavy atom. The molecule has 4 rings (SSSR count). The lowest BCUT2D eigenvalue weighted by molar-refractivity contribution is -0.140. The summed E-state index contributed by atoms with van der Waals surface area (Å²) in [7, 11) is 7.74. The molecule has 0 amide bonds. The van der Waals surface area contributed by atoms with E-state index < -0.39 is 11.9 Å². The van der Waals surface area contributed by atoms with Crippen LogP contribution < -0.4 is 24.3 Å². The van der Waals surface area contributed by atoms with E-state index in [-0.39, 0.29) is 24.9 Å². The van der Waals surface area contributed by atoms with Gasteiger partial charge in [0.15, 0.2) is 17.3 Å². The van der Waals surface area contributed by atoms with E-state index in [9.17, 15) is 9.59 Å². The summed E-state index contributed by atoms with van der Waals surface area (Å²) in [5, 5.41) is 3.37. The van der Waals surface area contributed by atoms with E-state index in [1.165, 1.54) is 28.4 Å². The van der Waals surface area contributed by atoms with Gasteiger partial charge in [0.25, 0.3) is 0 Å². The zero-order valence-corrected chi connectivity index (χ0v) is 23.2. The molecule has 0 bridgehead atoms. The molecule has 1 N–H and O–H groups in total. The van der Waals surface area contributed by atoms with E-state index in [1.807, 2.05) is 31.2 Å². The second-order valence-corrected chi connectivity index (χ2v) is 9.38. The zero-order chi connectivity index (χ0) is 28.1. The maximum Gasteiger partial charge on any atom is 0.336 e. The smallest absolute Gasteiger partial charge is 0.336 e. The Balaban J connectivity index is 1.82. The predicted molar refractivity (Wildman–Crippen MR) is 145 cm³/mol. The van der Waals surface area contributed by atoms with Crippen LogP contribution >= 0.6 is 0 Å². The molecule has 0 aromatic heterocycles. The fraction of sp³-hybridized carbons (Fsp3) is 0.400. The molecule has 0 saturated heterocycles. The van der Waals surface area contributed by atoms with Crippen molar-refractivity contribution in [3.63, 3.8) is 0 Å². The van der Waals surface area contributed by atoms with Crippen LogP contribution in [0.2, 0.25) is 0 Å². The summed E-state index contributed by atoms with van der Waals surface area (Å²) in [5.74, 6) is 0.770. The number of hydrogen-bond donors (Lipinski definition) is 1. The van der Waals surface area contributed by atoms with Gasteiger partial charge in [0.05, 0.1) is 40.6 Å². The number of Topliss-reactive ketones (excluding diaryl/α,β-unsaturated/α-hetero) is 1. The molecule has 2 atom stereocenters. The first-order valence-corrected chi connectivity index (χ1v) is 12.7. The molecule has 0 fully saturated rings. The first-order chi connectivity index (χ1) is 18.9. The van der Waals surface area contributed by atoms with Crippen molar-refractivity contribution in [3.8, 4) is 23.0 Å². The number of carbonyl (C=O) groups excluding carboxylic acids is 2. The fourth-order valence-electron chi connectivity index (χ4n) is 5.32. The normalized spacial score (nSPS) is 18.8. The summed E-state index contributed by atoms with van der Waals surface area (Å²) >= 11 is 0. The maximum atomic E-state index is 13.9. The number of benzene rings is 2. The van der Waals surface area contributed by atoms with Gasteiger partial charge in [0, 0.05) is 36.4 Å². The predicted octanol–water partition coefficient (Wildman–Crippen LogP) is 4.27. The van der Waals surface area contributed by atoms with Crippen LogP contribution in [0.15, 0.2) is 58.9 Å². The summed E-state index contributed by atoms with van der Waals surface area (Å²) < 4.78 is 32.5. The molecule has 0 saturated carbocycles. The number of nitrogens with one attached hydrogen (secondary N) is 1. The van der Waals surface area contributed by atoms with E-state index in [4.69, 9.17) is 28.4 Å². The van der Waals surface area contributed by atoms with E-state index in [2.05, 4.69) is 5.32 Å². The number of rotatable bonds is 10. The van der Waals surface area contributed by atoms with Crippen LogP contribution in [-0.2, 0) is 19.1 Å². The number of carbonyl (C=O) groups is 2. The maximum absolute atomic E-state index is 13.9. The highest BCUT2D eigenvalue weighted by molar-refractivity contribution is 6.04. The molecule has 9 heteroatoms. The van der Waals surface area contributed by atoms with Crippen LogP contribution in [0.4, 0.5) is 0 Å². The standard InChI is InChI=1S/C30H35NO8/c1-17-26(30(33)39-12-11-34-2)27(20-15-24(36-4)29(38-6)25(16-20)37-5)28-22(31-17)13-19(14-23(28)32)18-7-9-21(35-3)10-8-18/h7-10,15-16,19,27,31H,11-14H2,1-6H3/t19-,27+/m1/s1. The molecule has 2 aromatic rings. The fourth-order valence-corrected chi connectivity index (χ4v) is 5.32. The summed E-state index contributed by atoms with van der Waals surface area (Å²) in [6, 6.07) is 11.3. The molecule has 208 valence electrons. The lowest BCUT2D eigenvalue weighted by Crippen LogP contribution is -2.36. The summed E-state index contributed by atoms with van der Waals surface area (Å²) in [6.45, 7) is 2.17. The number of dihydropyridines is 1. The van der Waals surface area contributed by atoms with Crippen molar-refractivity contribution in [3.05, 3.63) is 70.1 Å². The van der Waals surface area contributed by atoms with Gasteiger partial charge in [0.1, 0.15) is 12.4 Å². The van der Waals surface area contributed by atoms with Crippen molar-refractivity contribution in [1.29, 1.82) is 0 Å². The Morgan fingerprint density at radius 3 is 2.10 bits per heavy atom. The van der Waals surface area contributed by atoms with E-state index >= 15 is 0 Å². The Labute approximate surface area is 228 Å². The van der Waals surface area contributed by atoms with Crippen LogP contribution in [0.1, 0.15) is 42.7 Å². The number of allylic oxidation sites excluding steroid dienone is 3. The van der Waals surface area contributed by atoms with Crippen LogP contribution in [-0.4, -0.2) is 60.5 Å². The molecule has 0 radical (unpaired) electrons. The average molecular weight is 538 g/mol. The van der Waals surface area contributed by atoms with Crippen molar-refractivity contribution in [2.24, 2.45) is 0 Å². The van der Waals surface area contributed by atoms with Crippen molar-refractivity contribution in [2.45, 2.75) is 31.6 Å². The van der Waals surface area contributed by atoms with Gasteiger partial charge in [-0.2, -0.15) is 0 Å². The SMILES string of the molecule is COCCOC(=O)C1=C(C)NC2=C(C(=O)C[C@H](c3ccc(OC)cc3)C2)[C@H]1c1cc(OC)c(OC)c(OC)c1. The highest BCUT2D eigenvalue weighted by Gasteiger charge is 2.42. The third kappa shape index (κ3) is 5.59. The van der Waals surface area contributed by atoms with E-state index in [1.54, 1.807) is 19.2 Å².